The van der Waals surface area contributed by atoms with Gasteiger partial charge in [0.05, 0.1) is 17.4 Å². The summed E-state index contributed by atoms with van der Waals surface area (Å²) in [4.78, 5) is 36.4. The zero-order valence-corrected chi connectivity index (χ0v) is 13.7. The van der Waals surface area contributed by atoms with Gasteiger partial charge in [-0.2, -0.15) is 0 Å². The van der Waals surface area contributed by atoms with E-state index in [-0.39, 0.29) is 23.8 Å². The summed E-state index contributed by atoms with van der Waals surface area (Å²) in [5.41, 5.74) is -0.518. The number of allylic oxidation sites excluding steroid dienone is 1. The van der Waals surface area contributed by atoms with Crippen LogP contribution >= 0.6 is 0 Å². The zero-order valence-electron chi connectivity index (χ0n) is 13.7. The first kappa shape index (κ1) is 17.3. The second-order valence-electron chi connectivity index (χ2n) is 6.52. The lowest BCUT2D eigenvalue weighted by atomic mass is 9.61. The van der Waals surface area contributed by atoms with E-state index in [4.69, 9.17) is 0 Å². The normalized spacial score (nSPS) is 31.3. The van der Waals surface area contributed by atoms with E-state index in [1.807, 2.05) is 30.3 Å². The molecule has 4 nitrogen and oxygen atoms in total. The first-order valence-electron chi connectivity index (χ1n) is 7.73. The lowest BCUT2D eigenvalue weighted by Gasteiger charge is -2.42. The van der Waals surface area contributed by atoms with Crippen molar-refractivity contribution in [1.82, 2.24) is 0 Å². The van der Waals surface area contributed by atoms with Crippen LogP contribution in [-0.4, -0.2) is 28.1 Å². The minimum atomic E-state index is -1.43. The Morgan fingerprint density at radius 3 is 2.30 bits per heavy atom. The molecule has 1 aromatic rings. The van der Waals surface area contributed by atoms with E-state index >= 15 is 0 Å². The van der Waals surface area contributed by atoms with Gasteiger partial charge in [-0.25, -0.2) is 0 Å². The van der Waals surface area contributed by atoms with Crippen LogP contribution in [0.4, 0.5) is 0 Å². The van der Waals surface area contributed by atoms with Crippen molar-refractivity contribution in [1.29, 1.82) is 0 Å². The van der Waals surface area contributed by atoms with Crippen molar-refractivity contribution in [3.8, 4) is 0 Å². The third kappa shape index (κ3) is 3.64. The molecule has 4 heteroatoms. The second kappa shape index (κ2) is 6.59. The van der Waals surface area contributed by atoms with Gasteiger partial charge in [-0.1, -0.05) is 42.5 Å². The zero-order chi connectivity index (χ0) is 17.2. The van der Waals surface area contributed by atoms with Gasteiger partial charge in [0.1, 0.15) is 17.3 Å². The highest BCUT2D eigenvalue weighted by atomic mass is 16.3. The molecule has 0 spiro atoms. The Morgan fingerprint density at radius 1 is 1.17 bits per heavy atom. The van der Waals surface area contributed by atoms with Gasteiger partial charge in [0, 0.05) is 12.3 Å². The summed E-state index contributed by atoms with van der Waals surface area (Å²) in [7, 11) is 0. The summed E-state index contributed by atoms with van der Waals surface area (Å²) in [5, 5.41) is 10.6. The number of carbonyl (C=O) groups excluding carboxylic acids is 3. The first-order chi connectivity index (χ1) is 10.7. The number of hydrogen-bond acceptors (Lipinski definition) is 4. The Balaban J connectivity index is 2.45. The Labute approximate surface area is 136 Å². The van der Waals surface area contributed by atoms with E-state index in [2.05, 4.69) is 0 Å². The summed E-state index contributed by atoms with van der Waals surface area (Å²) in [6, 6.07) is 9.44. The van der Waals surface area contributed by atoms with Crippen LogP contribution in [0, 0.1) is 17.8 Å². The molecule has 0 unspecified atom stereocenters. The van der Waals surface area contributed by atoms with Crippen molar-refractivity contribution >= 4 is 23.4 Å². The lowest BCUT2D eigenvalue weighted by molar-refractivity contribution is -0.153. The highest BCUT2D eigenvalue weighted by Crippen LogP contribution is 2.41. The number of hydrogen-bond donors (Lipinski definition) is 1. The van der Waals surface area contributed by atoms with E-state index < -0.39 is 23.4 Å². The maximum Gasteiger partial charge on any atom is 0.146 e. The minimum Gasteiger partial charge on any atom is -0.389 e. The van der Waals surface area contributed by atoms with Crippen molar-refractivity contribution in [3.63, 3.8) is 0 Å². The highest BCUT2D eigenvalue weighted by molar-refractivity contribution is 6.04. The van der Waals surface area contributed by atoms with Gasteiger partial charge >= 0.3 is 0 Å². The molecule has 2 rings (SSSR count). The van der Waals surface area contributed by atoms with Crippen molar-refractivity contribution < 1.29 is 19.5 Å². The topological polar surface area (TPSA) is 71.4 Å². The summed E-state index contributed by atoms with van der Waals surface area (Å²) < 4.78 is 0. The summed E-state index contributed by atoms with van der Waals surface area (Å²) in [5.74, 6) is -3.04. The van der Waals surface area contributed by atoms with Gasteiger partial charge in [0.15, 0.2) is 0 Å². The first-order valence-corrected chi connectivity index (χ1v) is 7.73. The molecular formula is C19H22O4. The van der Waals surface area contributed by atoms with Crippen LogP contribution in [0.3, 0.4) is 0 Å². The van der Waals surface area contributed by atoms with Crippen molar-refractivity contribution in [2.75, 3.05) is 0 Å². The number of rotatable bonds is 4. The lowest BCUT2D eigenvalue weighted by Crippen LogP contribution is -2.54. The number of benzene rings is 1. The third-order valence-electron chi connectivity index (χ3n) is 4.51. The van der Waals surface area contributed by atoms with Crippen molar-refractivity contribution in [2.45, 2.75) is 32.8 Å². The van der Waals surface area contributed by atoms with Crippen molar-refractivity contribution in [3.05, 3.63) is 42.0 Å². The van der Waals surface area contributed by atoms with E-state index in [1.54, 1.807) is 12.2 Å². The average molecular weight is 314 g/mol. The SMILES string of the molecule is CC(=O)[C@@H]1C(=O)C[C@](C)(O)[C@@H](C(C)=O)[C@@H]1C=Cc1ccccc1. The molecule has 1 saturated carbocycles. The summed E-state index contributed by atoms with van der Waals surface area (Å²) in [6.45, 7) is 4.26. The van der Waals surface area contributed by atoms with E-state index in [9.17, 15) is 19.5 Å². The summed E-state index contributed by atoms with van der Waals surface area (Å²) >= 11 is 0. The van der Waals surface area contributed by atoms with E-state index in [1.165, 1.54) is 20.8 Å². The predicted molar refractivity (Wildman–Crippen MR) is 87.6 cm³/mol. The average Bonchev–Trinajstić information content (AvgIpc) is 2.43. The van der Waals surface area contributed by atoms with Crippen LogP contribution < -0.4 is 0 Å². The van der Waals surface area contributed by atoms with Crippen LogP contribution in [0.5, 0.6) is 0 Å². The van der Waals surface area contributed by atoms with E-state index in [0.717, 1.165) is 5.56 Å². The molecule has 0 saturated heterocycles. The smallest absolute Gasteiger partial charge is 0.146 e. The summed E-state index contributed by atoms with van der Waals surface area (Å²) in [6.07, 6.45) is 3.35. The molecule has 0 radical (unpaired) electrons. The molecule has 0 bridgehead atoms. The van der Waals surface area contributed by atoms with Crippen LogP contribution in [0.25, 0.3) is 6.08 Å². The Bertz CT molecular complexity index is 643. The molecule has 0 heterocycles. The van der Waals surface area contributed by atoms with E-state index in [0.29, 0.717) is 0 Å². The molecule has 1 N–H and O–H groups in total. The van der Waals surface area contributed by atoms with Crippen LogP contribution in [0.2, 0.25) is 0 Å². The fourth-order valence-corrected chi connectivity index (χ4v) is 3.61. The maximum absolute atomic E-state index is 12.3. The number of ketones is 3. The number of Topliss-reactive ketones (excluding diaryl/α,β-unsaturated/α-hetero) is 3. The fourth-order valence-electron chi connectivity index (χ4n) is 3.61. The van der Waals surface area contributed by atoms with Gasteiger partial charge in [-0.05, 0) is 26.3 Å². The molecule has 1 aliphatic carbocycles. The molecule has 4 atom stereocenters. The largest absolute Gasteiger partial charge is 0.389 e. The molecule has 0 aromatic heterocycles. The van der Waals surface area contributed by atoms with Crippen LogP contribution in [0.15, 0.2) is 36.4 Å². The highest BCUT2D eigenvalue weighted by Gasteiger charge is 2.52. The Morgan fingerprint density at radius 2 is 1.78 bits per heavy atom. The predicted octanol–water partition coefficient (Wildman–Crippen LogP) is 2.45. The monoisotopic (exact) mass is 314 g/mol. The number of carbonyl (C=O) groups is 3. The Hall–Kier alpha value is -2.07. The maximum atomic E-state index is 12.3. The van der Waals surface area contributed by atoms with Crippen molar-refractivity contribution in [2.24, 2.45) is 17.8 Å². The molecule has 23 heavy (non-hydrogen) atoms. The van der Waals surface area contributed by atoms with Gasteiger partial charge in [-0.15, -0.1) is 0 Å². The molecular weight excluding hydrogens is 292 g/mol. The van der Waals surface area contributed by atoms with Gasteiger partial charge in [-0.3, -0.25) is 14.4 Å². The quantitative estimate of drug-likeness (QED) is 0.867. The molecule has 1 fully saturated rings. The fraction of sp³-hybridized carbons (Fsp3) is 0.421. The second-order valence-corrected chi connectivity index (χ2v) is 6.52. The number of aliphatic hydroxyl groups is 1. The van der Waals surface area contributed by atoms with Crippen LogP contribution in [0.1, 0.15) is 32.8 Å². The Kier molecular flexibility index (Phi) is 4.95. The standard InChI is InChI=1S/C19H22O4/c1-12(20)17-15(10-9-14-7-5-4-6-8-14)18(13(2)21)19(3,23)11-16(17)22/h4-10,15,17-18,23H,11H2,1-3H3/t15-,17+,18+,19+/m1/s1. The molecule has 0 aliphatic heterocycles. The van der Waals surface area contributed by atoms with Gasteiger partial charge in [0.2, 0.25) is 0 Å². The minimum absolute atomic E-state index is 0.169. The molecule has 122 valence electrons. The molecule has 0 amide bonds. The molecule has 1 aromatic carbocycles. The molecule has 1 aliphatic rings. The van der Waals surface area contributed by atoms with Crippen LogP contribution in [-0.2, 0) is 14.4 Å². The van der Waals surface area contributed by atoms with Gasteiger partial charge in [0.25, 0.3) is 0 Å². The third-order valence-corrected chi connectivity index (χ3v) is 4.51. The van der Waals surface area contributed by atoms with Gasteiger partial charge < -0.3 is 5.11 Å².